The lowest BCUT2D eigenvalue weighted by Gasteiger charge is -2.10. The molecule has 0 spiro atoms. The first-order valence-electron chi connectivity index (χ1n) is 8.00. The van der Waals surface area contributed by atoms with Gasteiger partial charge in [0.2, 0.25) is 0 Å². The molecule has 8 nitrogen and oxygen atoms in total. The van der Waals surface area contributed by atoms with Crippen LogP contribution < -0.4 is 22.6 Å². The summed E-state index contributed by atoms with van der Waals surface area (Å²) >= 11 is 0. The normalized spacial score (nSPS) is 12.8. The molecule has 0 aliphatic carbocycles. The van der Waals surface area contributed by atoms with Crippen LogP contribution in [0.1, 0.15) is 52.6 Å². The molecule has 0 saturated carbocycles. The van der Waals surface area contributed by atoms with E-state index in [1.165, 1.54) is 33.6 Å². The summed E-state index contributed by atoms with van der Waals surface area (Å²) in [7, 11) is 0. The zero-order chi connectivity index (χ0) is 18.3. The van der Waals surface area contributed by atoms with Crippen LogP contribution in [0.3, 0.4) is 0 Å². The van der Waals surface area contributed by atoms with Crippen LogP contribution in [0.5, 0.6) is 0 Å². The lowest BCUT2D eigenvalue weighted by molar-refractivity contribution is 0.456. The molecule has 0 amide bonds. The van der Waals surface area contributed by atoms with Gasteiger partial charge in [0.25, 0.3) is 11.1 Å². The first-order valence-corrected chi connectivity index (χ1v) is 8.00. The fourth-order valence-electron chi connectivity index (χ4n) is 1.86. The number of rotatable bonds is 4. The molecule has 0 aliphatic heterocycles. The van der Waals surface area contributed by atoms with E-state index in [0.717, 1.165) is 12.8 Å². The molecule has 0 saturated heterocycles. The van der Waals surface area contributed by atoms with E-state index >= 15 is 0 Å². The molecular weight excluding hydrogens is 308 g/mol. The van der Waals surface area contributed by atoms with Gasteiger partial charge in [0.1, 0.15) is 11.6 Å². The quantitative estimate of drug-likeness (QED) is 0.875. The third kappa shape index (κ3) is 5.22. The number of hydrogen-bond acceptors (Lipinski definition) is 6. The Labute approximate surface area is 141 Å². The topological polar surface area (TPSA) is 122 Å². The van der Waals surface area contributed by atoms with Gasteiger partial charge in [0, 0.05) is 12.1 Å². The second-order valence-electron chi connectivity index (χ2n) is 5.60. The molecule has 4 N–H and O–H groups in total. The van der Waals surface area contributed by atoms with Crippen LogP contribution in [0.15, 0.2) is 33.9 Å². The number of nitrogen functional groups attached to an aromatic ring is 2. The maximum Gasteiger partial charge on any atom is 0.267 e. The first-order chi connectivity index (χ1) is 11.3. The second-order valence-corrected chi connectivity index (χ2v) is 5.60. The Hall–Kier alpha value is -2.64. The highest BCUT2D eigenvalue weighted by atomic mass is 16.1. The summed E-state index contributed by atoms with van der Waals surface area (Å²) in [5.41, 5.74) is 10.7. The minimum atomic E-state index is -0.0986. The molecule has 8 heteroatoms. The maximum absolute atomic E-state index is 11.2. The third-order valence-electron chi connectivity index (χ3n) is 3.71. The third-order valence-corrected chi connectivity index (χ3v) is 3.71. The predicted octanol–water partition coefficient (Wildman–Crippen LogP) is 1.59. The van der Waals surface area contributed by atoms with Crippen LogP contribution >= 0.6 is 0 Å². The van der Waals surface area contributed by atoms with Crippen molar-refractivity contribution in [2.45, 2.75) is 52.6 Å². The van der Waals surface area contributed by atoms with Gasteiger partial charge in [0.15, 0.2) is 0 Å². The number of hydrogen-bond donors (Lipinski definition) is 2. The van der Waals surface area contributed by atoms with Gasteiger partial charge in [-0.3, -0.25) is 9.59 Å². The molecule has 0 bridgehead atoms. The van der Waals surface area contributed by atoms with Crippen molar-refractivity contribution >= 4 is 11.6 Å². The molecule has 0 radical (unpaired) electrons. The second kappa shape index (κ2) is 8.85. The van der Waals surface area contributed by atoms with E-state index in [2.05, 4.69) is 10.2 Å². The van der Waals surface area contributed by atoms with Crippen LogP contribution in [-0.4, -0.2) is 19.6 Å². The minimum Gasteiger partial charge on any atom is -0.382 e. The van der Waals surface area contributed by atoms with Gasteiger partial charge in [-0.1, -0.05) is 13.8 Å². The van der Waals surface area contributed by atoms with Gasteiger partial charge in [0.05, 0.1) is 12.1 Å². The minimum absolute atomic E-state index is 0.0986. The number of anilines is 2. The van der Waals surface area contributed by atoms with E-state index < -0.39 is 0 Å². The Morgan fingerprint density at radius 2 is 1.17 bits per heavy atom. The molecule has 2 heterocycles. The van der Waals surface area contributed by atoms with E-state index in [9.17, 15) is 9.59 Å². The van der Waals surface area contributed by atoms with E-state index in [0.29, 0.717) is 11.6 Å². The Bertz CT molecular complexity index is 702. The van der Waals surface area contributed by atoms with Gasteiger partial charge < -0.3 is 11.5 Å². The van der Waals surface area contributed by atoms with Crippen molar-refractivity contribution in [3.63, 3.8) is 0 Å². The van der Waals surface area contributed by atoms with Crippen LogP contribution in [-0.2, 0) is 0 Å². The summed E-state index contributed by atoms with van der Waals surface area (Å²) in [5, 5.41) is 7.85. The molecule has 0 aromatic carbocycles. The SMILES string of the molecule is CCC(C)n1nc(N)ccc1=O.CC[C@@H](C)n1nc(N)ccc1=O. The van der Waals surface area contributed by atoms with Crippen LogP contribution in [0.25, 0.3) is 0 Å². The lowest BCUT2D eigenvalue weighted by atomic mass is 10.3. The van der Waals surface area contributed by atoms with E-state index in [-0.39, 0.29) is 23.2 Å². The number of aromatic nitrogens is 4. The highest BCUT2D eigenvalue weighted by Gasteiger charge is 2.05. The zero-order valence-electron chi connectivity index (χ0n) is 14.6. The highest BCUT2D eigenvalue weighted by molar-refractivity contribution is 5.24. The summed E-state index contributed by atoms with van der Waals surface area (Å²) in [5.74, 6) is 0.768. The standard InChI is InChI=1S/2C8H13N3O/c2*1-3-6(2)11-8(12)5-4-7(9)10-11/h2*4-6H,3H2,1-2H3,(H2,9,10)/t6-;/m1./s1. The summed E-state index contributed by atoms with van der Waals surface area (Å²) < 4.78 is 2.82. The van der Waals surface area contributed by atoms with Gasteiger partial charge in [-0.05, 0) is 38.8 Å². The van der Waals surface area contributed by atoms with E-state index in [1.807, 2.05) is 27.7 Å². The Morgan fingerprint density at radius 1 is 0.833 bits per heavy atom. The smallest absolute Gasteiger partial charge is 0.267 e. The Morgan fingerprint density at radius 3 is 1.46 bits per heavy atom. The molecule has 2 atom stereocenters. The molecule has 24 heavy (non-hydrogen) atoms. The van der Waals surface area contributed by atoms with Crippen molar-refractivity contribution < 1.29 is 0 Å². The average molecular weight is 334 g/mol. The first kappa shape index (κ1) is 19.4. The highest BCUT2D eigenvalue weighted by Crippen LogP contribution is 2.05. The van der Waals surface area contributed by atoms with Gasteiger partial charge in [-0.25, -0.2) is 9.36 Å². The lowest BCUT2D eigenvalue weighted by Crippen LogP contribution is -2.25. The van der Waals surface area contributed by atoms with Gasteiger partial charge in [-0.2, -0.15) is 10.2 Å². The molecule has 0 aliphatic rings. The van der Waals surface area contributed by atoms with Crippen molar-refractivity contribution in [2.24, 2.45) is 0 Å². The zero-order valence-corrected chi connectivity index (χ0v) is 14.6. The van der Waals surface area contributed by atoms with Crippen LogP contribution in [0, 0.1) is 0 Å². The molecule has 1 unspecified atom stereocenters. The fraction of sp³-hybridized carbons (Fsp3) is 0.500. The van der Waals surface area contributed by atoms with Gasteiger partial charge >= 0.3 is 0 Å². The summed E-state index contributed by atoms with van der Waals surface area (Å²) in [6, 6.07) is 6.13. The number of nitrogens with two attached hydrogens (primary N) is 2. The molecular formula is C16H26N6O2. The molecule has 2 rings (SSSR count). The van der Waals surface area contributed by atoms with Crippen molar-refractivity contribution in [1.29, 1.82) is 0 Å². The molecule has 2 aromatic rings. The molecule has 132 valence electrons. The number of nitrogens with zero attached hydrogens (tertiary/aromatic N) is 4. The molecule has 0 fully saturated rings. The summed E-state index contributed by atoms with van der Waals surface area (Å²) in [6.45, 7) is 7.88. The summed E-state index contributed by atoms with van der Waals surface area (Å²) in [4.78, 5) is 22.4. The molecule has 2 aromatic heterocycles. The van der Waals surface area contributed by atoms with Crippen LogP contribution in [0.4, 0.5) is 11.6 Å². The van der Waals surface area contributed by atoms with E-state index in [4.69, 9.17) is 11.5 Å². The average Bonchev–Trinajstić information content (AvgIpc) is 2.58. The van der Waals surface area contributed by atoms with Gasteiger partial charge in [-0.15, -0.1) is 0 Å². The summed E-state index contributed by atoms with van der Waals surface area (Å²) in [6.07, 6.45) is 1.74. The van der Waals surface area contributed by atoms with Crippen molar-refractivity contribution in [2.75, 3.05) is 11.5 Å². The van der Waals surface area contributed by atoms with Crippen molar-refractivity contribution in [1.82, 2.24) is 19.6 Å². The Balaban J connectivity index is 0.000000240. The fourth-order valence-corrected chi connectivity index (χ4v) is 1.86. The Kier molecular flexibility index (Phi) is 7.16. The van der Waals surface area contributed by atoms with E-state index in [1.54, 1.807) is 0 Å². The maximum atomic E-state index is 11.2. The van der Waals surface area contributed by atoms with Crippen LogP contribution in [0.2, 0.25) is 0 Å². The predicted molar refractivity (Wildman–Crippen MR) is 95.8 cm³/mol. The largest absolute Gasteiger partial charge is 0.382 e. The van der Waals surface area contributed by atoms with Crippen molar-refractivity contribution in [3.8, 4) is 0 Å². The monoisotopic (exact) mass is 334 g/mol. The van der Waals surface area contributed by atoms with Crippen molar-refractivity contribution in [3.05, 3.63) is 45.0 Å².